The lowest BCUT2D eigenvalue weighted by Gasteiger charge is -2.20. The monoisotopic (exact) mass is 280 g/mol. The number of aryl methyl sites for hydroxylation is 1. The molecule has 1 rings (SSSR count). The number of nitrogens with two attached hydrogens (primary N) is 1. The Morgan fingerprint density at radius 3 is 2.53 bits per heavy atom. The Labute approximate surface area is 119 Å². The van der Waals surface area contributed by atoms with Crippen LogP contribution in [0.4, 0.5) is 10.5 Å². The number of anilines is 1. The van der Waals surface area contributed by atoms with E-state index >= 15 is 0 Å². The van der Waals surface area contributed by atoms with Gasteiger partial charge >= 0.3 is 6.09 Å². The van der Waals surface area contributed by atoms with E-state index in [4.69, 9.17) is 22.7 Å². The molecule has 0 saturated heterocycles. The number of hydrogen-bond acceptors (Lipinski definition) is 3. The average Bonchev–Trinajstić information content (AvgIpc) is 2.18. The van der Waals surface area contributed by atoms with Gasteiger partial charge in [0.1, 0.15) is 5.60 Å². The largest absolute Gasteiger partial charge is 0.444 e. The van der Waals surface area contributed by atoms with Gasteiger partial charge in [-0.15, -0.1) is 0 Å². The minimum atomic E-state index is -0.510. The maximum Gasteiger partial charge on any atom is 0.412 e. The van der Waals surface area contributed by atoms with Crippen LogP contribution in [0.2, 0.25) is 0 Å². The zero-order valence-corrected chi connectivity index (χ0v) is 12.6. The standard InChI is InChI=1S/C14H20N2O2S/c1-9-7-10(8-12(15)19)5-6-11(9)16-13(17)18-14(2,3)4/h5-7H,8H2,1-4H3,(H2,15,19)(H,16,17). The van der Waals surface area contributed by atoms with Crippen molar-refractivity contribution in [3.63, 3.8) is 0 Å². The van der Waals surface area contributed by atoms with Crippen molar-refractivity contribution in [3.05, 3.63) is 29.3 Å². The van der Waals surface area contributed by atoms with Crippen molar-refractivity contribution >= 4 is 29.0 Å². The lowest BCUT2D eigenvalue weighted by Crippen LogP contribution is -2.27. The fraction of sp³-hybridized carbons (Fsp3) is 0.429. The summed E-state index contributed by atoms with van der Waals surface area (Å²) >= 11 is 4.87. The van der Waals surface area contributed by atoms with Crippen molar-refractivity contribution in [2.24, 2.45) is 5.73 Å². The van der Waals surface area contributed by atoms with Crippen molar-refractivity contribution in [2.75, 3.05) is 5.32 Å². The average molecular weight is 280 g/mol. The van der Waals surface area contributed by atoms with Crippen LogP contribution in [0.25, 0.3) is 0 Å². The summed E-state index contributed by atoms with van der Waals surface area (Å²) in [6.45, 7) is 7.38. The summed E-state index contributed by atoms with van der Waals surface area (Å²) in [5, 5.41) is 2.72. The molecule has 0 aliphatic carbocycles. The third-order valence-electron chi connectivity index (χ3n) is 2.30. The molecule has 0 unspecified atom stereocenters. The Hall–Kier alpha value is -1.62. The number of carbonyl (C=O) groups excluding carboxylic acids is 1. The highest BCUT2D eigenvalue weighted by atomic mass is 32.1. The summed E-state index contributed by atoms with van der Waals surface area (Å²) < 4.78 is 5.20. The summed E-state index contributed by atoms with van der Waals surface area (Å²) in [6, 6.07) is 5.66. The Kier molecular flexibility index (Phi) is 4.89. The van der Waals surface area contributed by atoms with Crippen molar-refractivity contribution in [1.82, 2.24) is 0 Å². The second-order valence-corrected chi connectivity index (χ2v) is 5.94. The smallest absolute Gasteiger partial charge is 0.412 e. The molecule has 4 nitrogen and oxygen atoms in total. The van der Waals surface area contributed by atoms with E-state index in [1.165, 1.54) is 0 Å². The first-order chi connectivity index (χ1) is 8.67. The number of benzene rings is 1. The van der Waals surface area contributed by atoms with E-state index in [1.54, 1.807) is 0 Å². The topological polar surface area (TPSA) is 64.3 Å². The van der Waals surface area contributed by atoms with Crippen LogP contribution in [0.3, 0.4) is 0 Å². The molecule has 19 heavy (non-hydrogen) atoms. The maximum absolute atomic E-state index is 11.7. The lowest BCUT2D eigenvalue weighted by atomic mass is 10.1. The van der Waals surface area contributed by atoms with Gasteiger partial charge in [0.15, 0.2) is 0 Å². The highest BCUT2D eigenvalue weighted by Gasteiger charge is 2.16. The van der Waals surface area contributed by atoms with E-state index in [0.717, 1.165) is 16.8 Å². The predicted molar refractivity (Wildman–Crippen MR) is 81.5 cm³/mol. The van der Waals surface area contributed by atoms with Crippen LogP contribution in [-0.2, 0) is 11.2 Å². The zero-order valence-electron chi connectivity index (χ0n) is 11.7. The minimum absolute atomic E-state index is 0.451. The quantitative estimate of drug-likeness (QED) is 0.835. The molecule has 104 valence electrons. The summed E-state index contributed by atoms with van der Waals surface area (Å²) in [5.74, 6) is 0. The number of carbonyl (C=O) groups is 1. The maximum atomic E-state index is 11.7. The van der Waals surface area contributed by atoms with E-state index in [2.05, 4.69) is 5.32 Å². The molecule has 0 bridgehead atoms. The highest BCUT2D eigenvalue weighted by Crippen LogP contribution is 2.18. The van der Waals surface area contributed by atoms with Crippen molar-refractivity contribution in [1.29, 1.82) is 0 Å². The molecule has 0 radical (unpaired) electrons. The van der Waals surface area contributed by atoms with E-state index in [-0.39, 0.29) is 0 Å². The number of hydrogen-bond donors (Lipinski definition) is 2. The second-order valence-electron chi connectivity index (χ2n) is 5.42. The number of ether oxygens (including phenoxy) is 1. The highest BCUT2D eigenvalue weighted by molar-refractivity contribution is 7.80. The van der Waals surface area contributed by atoms with E-state index in [9.17, 15) is 4.79 Å². The summed E-state index contributed by atoms with van der Waals surface area (Å²) in [7, 11) is 0. The molecular weight excluding hydrogens is 260 g/mol. The van der Waals surface area contributed by atoms with Gasteiger partial charge in [0, 0.05) is 12.1 Å². The van der Waals surface area contributed by atoms with Gasteiger partial charge in [0.2, 0.25) is 0 Å². The van der Waals surface area contributed by atoms with E-state index in [0.29, 0.717) is 11.4 Å². The Bertz CT molecular complexity index is 493. The fourth-order valence-electron chi connectivity index (χ4n) is 1.59. The molecule has 1 amide bonds. The van der Waals surface area contributed by atoms with E-state index < -0.39 is 11.7 Å². The van der Waals surface area contributed by atoms with Crippen molar-refractivity contribution < 1.29 is 9.53 Å². The first kappa shape index (κ1) is 15.4. The van der Waals surface area contributed by atoms with Crippen LogP contribution in [-0.4, -0.2) is 16.7 Å². The molecule has 3 N–H and O–H groups in total. The first-order valence-electron chi connectivity index (χ1n) is 6.05. The Morgan fingerprint density at radius 2 is 2.05 bits per heavy atom. The molecule has 0 aliphatic heterocycles. The van der Waals surface area contributed by atoms with Gasteiger partial charge in [-0.05, 0) is 44.9 Å². The third kappa shape index (κ3) is 5.70. The molecule has 0 fully saturated rings. The van der Waals surface area contributed by atoms with Crippen molar-refractivity contribution in [2.45, 2.75) is 39.7 Å². The summed E-state index contributed by atoms with van der Waals surface area (Å²) in [6.07, 6.45) is 0.0980. The molecule has 0 heterocycles. The van der Waals surface area contributed by atoms with Gasteiger partial charge in [-0.3, -0.25) is 5.32 Å². The lowest BCUT2D eigenvalue weighted by molar-refractivity contribution is 0.0636. The molecule has 0 atom stereocenters. The molecule has 5 heteroatoms. The zero-order chi connectivity index (χ0) is 14.6. The molecule has 1 aromatic carbocycles. The van der Waals surface area contributed by atoms with Gasteiger partial charge < -0.3 is 10.5 Å². The molecular formula is C14H20N2O2S. The van der Waals surface area contributed by atoms with Crippen molar-refractivity contribution in [3.8, 4) is 0 Å². The van der Waals surface area contributed by atoms with Gasteiger partial charge in [0.25, 0.3) is 0 Å². The fourth-order valence-corrected chi connectivity index (χ4v) is 1.76. The van der Waals surface area contributed by atoms with Crippen LogP contribution < -0.4 is 11.1 Å². The minimum Gasteiger partial charge on any atom is -0.444 e. The number of amides is 1. The number of rotatable bonds is 3. The molecule has 0 aromatic heterocycles. The van der Waals surface area contributed by atoms with Crippen LogP contribution in [0, 0.1) is 6.92 Å². The second kappa shape index (κ2) is 6.02. The third-order valence-corrected chi connectivity index (χ3v) is 2.45. The molecule has 1 aromatic rings. The summed E-state index contributed by atoms with van der Waals surface area (Å²) in [5.41, 5.74) is 7.69. The molecule has 0 aliphatic rings. The first-order valence-corrected chi connectivity index (χ1v) is 6.46. The van der Waals surface area contributed by atoms with Crippen LogP contribution >= 0.6 is 12.2 Å². The van der Waals surface area contributed by atoms with Gasteiger partial charge in [-0.25, -0.2) is 4.79 Å². The number of nitrogens with one attached hydrogen (secondary N) is 1. The van der Waals surface area contributed by atoms with Crippen LogP contribution in [0.5, 0.6) is 0 Å². The van der Waals surface area contributed by atoms with Crippen LogP contribution in [0.15, 0.2) is 18.2 Å². The van der Waals surface area contributed by atoms with Gasteiger partial charge in [0.05, 0.1) is 4.99 Å². The van der Waals surface area contributed by atoms with Crippen LogP contribution in [0.1, 0.15) is 31.9 Å². The molecule has 0 spiro atoms. The molecule has 0 saturated carbocycles. The summed E-state index contributed by atoms with van der Waals surface area (Å²) in [4.78, 5) is 12.1. The Balaban J connectivity index is 2.75. The number of thiocarbonyl (C=S) groups is 1. The van der Waals surface area contributed by atoms with Gasteiger partial charge in [-0.2, -0.15) is 0 Å². The Morgan fingerprint density at radius 1 is 1.42 bits per heavy atom. The normalized spacial score (nSPS) is 10.9. The van der Waals surface area contributed by atoms with Gasteiger partial charge in [-0.1, -0.05) is 24.4 Å². The SMILES string of the molecule is Cc1cc(CC(N)=S)ccc1NC(=O)OC(C)(C)C. The predicted octanol–water partition coefficient (Wildman–Crippen LogP) is 3.17. The van der Waals surface area contributed by atoms with E-state index in [1.807, 2.05) is 45.9 Å².